The number of nitrogens with one attached hydrogen (secondary N) is 1. The number of anilines is 1. The number of sulfonamides is 1. The molecule has 8 nitrogen and oxygen atoms in total. The van der Waals surface area contributed by atoms with Crippen LogP contribution in [0.1, 0.15) is 10.4 Å². The predicted molar refractivity (Wildman–Crippen MR) is 81.6 cm³/mol. The highest BCUT2D eigenvalue weighted by Crippen LogP contribution is 2.24. The van der Waals surface area contributed by atoms with E-state index in [9.17, 15) is 32.1 Å². The summed E-state index contributed by atoms with van der Waals surface area (Å²) in [5, 5.41) is 10.6. The number of carbonyl (C=O) groups is 1. The van der Waals surface area contributed by atoms with E-state index in [4.69, 9.17) is 0 Å². The molecule has 0 fully saturated rings. The second-order valence-electron chi connectivity index (χ2n) is 4.66. The molecule has 132 valence electrons. The first kappa shape index (κ1) is 18.3. The average molecular weight is 372 g/mol. The number of nitro benzene ring substituents is 1. The number of nitro groups is 1. The van der Waals surface area contributed by atoms with E-state index >= 15 is 0 Å². The number of nitrogens with zero attached hydrogens (tertiary/aromatic N) is 1. The van der Waals surface area contributed by atoms with E-state index in [1.807, 2.05) is 4.72 Å². The van der Waals surface area contributed by atoms with Gasteiger partial charge in [-0.2, -0.15) is 0 Å². The molecule has 0 aliphatic rings. The number of ether oxygens (including phenoxy) is 1. The molecule has 2 rings (SSSR count). The molecule has 25 heavy (non-hydrogen) atoms. The molecule has 0 aromatic heterocycles. The van der Waals surface area contributed by atoms with E-state index in [0.29, 0.717) is 12.1 Å². The molecule has 0 bridgehead atoms. The van der Waals surface area contributed by atoms with Crippen LogP contribution < -0.4 is 4.72 Å². The summed E-state index contributed by atoms with van der Waals surface area (Å²) in [6.45, 7) is 0. The third-order valence-corrected chi connectivity index (χ3v) is 4.45. The van der Waals surface area contributed by atoms with Crippen molar-refractivity contribution in [2.24, 2.45) is 0 Å². The zero-order chi connectivity index (χ0) is 18.8. The molecular weight excluding hydrogens is 362 g/mol. The van der Waals surface area contributed by atoms with Crippen molar-refractivity contribution in [3.05, 3.63) is 63.7 Å². The molecule has 0 unspecified atom stereocenters. The van der Waals surface area contributed by atoms with Gasteiger partial charge in [0.25, 0.3) is 15.7 Å². The lowest BCUT2D eigenvalue weighted by molar-refractivity contribution is -0.384. The first-order valence-electron chi connectivity index (χ1n) is 6.50. The summed E-state index contributed by atoms with van der Waals surface area (Å²) >= 11 is 0. The van der Waals surface area contributed by atoms with E-state index < -0.39 is 43.8 Å². The molecule has 0 saturated carbocycles. The van der Waals surface area contributed by atoms with Gasteiger partial charge in [-0.15, -0.1) is 0 Å². The number of esters is 1. The predicted octanol–water partition coefficient (Wildman–Crippen LogP) is 2.46. The Hall–Kier alpha value is -3.08. The second kappa shape index (κ2) is 6.81. The molecule has 0 heterocycles. The number of halogens is 2. The van der Waals surface area contributed by atoms with Crippen LogP contribution in [0.3, 0.4) is 0 Å². The molecule has 0 saturated heterocycles. The van der Waals surface area contributed by atoms with Crippen LogP contribution in [0, 0.1) is 21.7 Å². The molecule has 0 aliphatic heterocycles. The number of benzene rings is 2. The van der Waals surface area contributed by atoms with Crippen LogP contribution in [0.4, 0.5) is 20.2 Å². The van der Waals surface area contributed by atoms with E-state index in [2.05, 4.69) is 4.74 Å². The van der Waals surface area contributed by atoms with Gasteiger partial charge in [0.1, 0.15) is 11.6 Å². The molecule has 0 amide bonds. The Labute approximate surface area is 140 Å². The molecule has 0 aliphatic carbocycles. The molecule has 0 spiro atoms. The number of hydrogen-bond acceptors (Lipinski definition) is 6. The molecule has 11 heteroatoms. The summed E-state index contributed by atoms with van der Waals surface area (Å²) in [6, 6.07) is 4.79. The highest BCUT2D eigenvalue weighted by atomic mass is 32.2. The summed E-state index contributed by atoms with van der Waals surface area (Å²) < 4.78 is 58.0. The van der Waals surface area contributed by atoms with Crippen molar-refractivity contribution in [3.8, 4) is 0 Å². The highest BCUT2D eigenvalue weighted by Gasteiger charge is 2.21. The molecule has 2 aromatic carbocycles. The summed E-state index contributed by atoms with van der Waals surface area (Å²) in [7, 11) is -3.35. The van der Waals surface area contributed by atoms with E-state index in [1.165, 1.54) is 0 Å². The fourth-order valence-corrected chi connectivity index (χ4v) is 2.90. The minimum absolute atomic E-state index is 0.333. The summed E-state index contributed by atoms with van der Waals surface area (Å²) in [5.74, 6) is -3.59. The van der Waals surface area contributed by atoms with Crippen molar-refractivity contribution in [1.82, 2.24) is 0 Å². The maximum Gasteiger partial charge on any atom is 0.340 e. The Balaban J connectivity index is 2.40. The van der Waals surface area contributed by atoms with E-state index in [-0.39, 0.29) is 10.6 Å². The van der Waals surface area contributed by atoms with Crippen molar-refractivity contribution < 1.29 is 31.7 Å². The lowest BCUT2D eigenvalue weighted by Crippen LogP contribution is -2.15. The quantitative estimate of drug-likeness (QED) is 0.490. The Bertz CT molecular complexity index is 945. The smallest absolute Gasteiger partial charge is 0.340 e. The van der Waals surface area contributed by atoms with Crippen LogP contribution in [0.5, 0.6) is 0 Å². The van der Waals surface area contributed by atoms with Gasteiger partial charge in [-0.25, -0.2) is 22.0 Å². The van der Waals surface area contributed by atoms with Gasteiger partial charge >= 0.3 is 5.97 Å². The van der Waals surface area contributed by atoms with Crippen molar-refractivity contribution in [2.45, 2.75) is 4.90 Å². The second-order valence-corrected chi connectivity index (χ2v) is 6.34. The Kier molecular flexibility index (Phi) is 4.97. The number of hydrogen-bond donors (Lipinski definition) is 1. The zero-order valence-electron chi connectivity index (χ0n) is 12.5. The lowest BCUT2D eigenvalue weighted by atomic mass is 10.2. The lowest BCUT2D eigenvalue weighted by Gasteiger charge is -2.11. The minimum atomic E-state index is -4.33. The molecule has 1 N–H and O–H groups in total. The van der Waals surface area contributed by atoms with Crippen LogP contribution in [0.25, 0.3) is 0 Å². The topological polar surface area (TPSA) is 116 Å². The van der Waals surface area contributed by atoms with Gasteiger partial charge < -0.3 is 4.74 Å². The van der Waals surface area contributed by atoms with E-state index in [1.54, 1.807) is 0 Å². The van der Waals surface area contributed by atoms with E-state index in [0.717, 1.165) is 31.4 Å². The van der Waals surface area contributed by atoms with Crippen molar-refractivity contribution in [3.63, 3.8) is 0 Å². The summed E-state index contributed by atoms with van der Waals surface area (Å²) in [5.41, 5.74) is -1.68. The Morgan fingerprint density at radius 3 is 2.28 bits per heavy atom. The maximum absolute atomic E-state index is 13.8. The van der Waals surface area contributed by atoms with Crippen LogP contribution in [-0.4, -0.2) is 26.4 Å². The van der Waals surface area contributed by atoms with Crippen molar-refractivity contribution in [1.29, 1.82) is 0 Å². The highest BCUT2D eigenvalue weighted by molar-refractivity contribution is 7.92. The number of rotatable bonds is 5. The molecule has 0 radical (unpaired) electrons. The fourth-order valence-electron chi connectivity index (χ4n) is 1.84. The molecule has 0 atom stereocenters. The third-order valence-electron chi connectivity index (χ3n) is 3.06. The van der Waals surface area contributed by atoms with Gasteiger partial charge in [0, 0.05) is 18.2 Å². The van der Waals surface area contributed by atoms with Crippen LogP contribution in [0.2, 0.25) is 0 Å². The molecule has 2 aromatic rings. The summed E-state index contributed by atoms with van der Waals surface area (Å²) in [6.07, 6.45) is 0. The first-order valence-corrected chi connectivity index (χ1v) is 7.98. The van der Waals surface area contributed by atoms with Crippen LogP contribution >= 0.6 is 0 Å². The number of non-ortho nitro benzene ring substituents is 1. The van der Waals surface area contributed by atoms with Gasteiger partial charge in [-0.3, -0.25) is 14.8 Å². The standard InChI is InChI=1S/C14H10F2N2O6S/c1-24-14(19)10-6-13(12(16)7-11(10)15)17-25(22,23)9-4-2-8(3-5-9)18(20)21/h2-7,17H,1H3. The monoisotopic (exact) mass is 372 g/mol. The Morgan fingerprint density at radius 2 is 1.76 bits per heavy atom. The molecular formula is C14H10F2N2O6S. The van der Waals surface area contributed by atoms with Gasteiger partial charge in [0.05, 0.1) is 28.2 Å². The Morgan fingerprint density at radius 1 is 1.16 bits per heavy atom. The number of carbonyl (C=O) groups excluding carboxylic acids is 1. The van der Waals surface area contributed by atoms with Crippen molar-refractivity contribution >= 4 is 27.4 Å². The number of methoxy groups -OCH3 is 1. The SMILES string of the molecule is COC(=O)c1cc(NS(=O)(=O)c2ccc([N+](=O)[O-])cc2)c(F)cc1F. The zero-order valence-corrected chi connectivity index (χ0v) is 13.3. The largest absolute Gasteiger partial charge is 0.465 e. The van der Waals surface area contributed by atoms with Gasteiger partial charge in [0.15, 0.2) is 0 Å². The minimum Gasteiger partial charge on any atom is -0.465 e. The van der Waals surface area contributed by atoms with Gasteiger partial charge in [-0.05, 0) is 18.2 Å². The average Bonchev–Trinajstić information content (AvgIpc) is 2.56. The summed E-state index contributed by atoms with van der Waals surface area (Å²) in [4.78, 5) is 20.9. The van der Waals surface area contributed by atoms with Gasteiger partial charge in [-0.1, -0.05) is 0 Å². The third kappa shape index (κ3) is 3.88. The maximum atomic E-state index is 13.8. The fraction of sp³-hybridized carbons (Fsp3) is 0.0714. The van der Waals surface area contributed by atoms with Crippen LogP contribution in [-0.2, 0) is 14.8 Å². The van der Waals surface area contributed by atoms with Crippen LogP contribution in [0.15, 0.2) is 41.3 Å². The first-order chi connectivity index (χ1) is 11.7. The van der Waals surface area contributed by atoms with Gasteiger partial charge in [0.2, 0.25) is 0 Å². The normalized spacial score (nSPS) is 11.0. The van der Waals surface area contributed by atoms with Crippen molar-refractivity contribution in [2.75, 3.05) is 11.8 Å².